The van der Waals surface area contributed by atoms with Gasteiger partial charge in [-0.2, -0.15) is 0 Å². The van der Waals surface area contributed by atoms with E-state index < -0.39 is 0 Å². The number of fused-ring (bicyclic) bond motifs is 1. The number of nitrogens with zero attached hydrogens (tertiary/aromatic N) is 2. The van der Waals surface area contributed by atoms with Gasteiger partial charge < -0.3 is 19.3 Å². The first kappa shape index (κ1) is 17.6. The van der Waals surface area contributed by atoms with Crippen LogP contribution in [0.15, 0.2) is 18.2 Å². The van der Waals surface area contributed by atoms with Crippen LogP contribution in [-0.4, -0.2) is 53.5 Å². The van der Waals surface area contributed by atoms with E-state index in [2.05, 4.69) is 0 Å². The summed E-state index contributed by atoms with van der Waals surface area (Å²) in [6.07, 6.45) is 1.62. The lowest BCUT2D eigenvalue weighted by Gasteiger charge is -2.33. The molecule has 136 valence electrons. The molecule has 0 spiro atoms. The summed E-state index contributed by atoms with van der Waals surface area (Å²) < 4.78 is 11.2. The molecule has 0 radical (unpaired) electrons. The Hall–Kier alpha value is -2.24. The highest BCUT2D eigenvalue weighted by Crippen LogP contribution is 2.31. The molecule has 0 N–H and O–H groups in total. The molecule has 25 heavy (non-hydrogen) atoms. The Bertz CT molecular complexity index is 659. The van der Waals surface area contributed by atoms with Crippen LogP contribution in [0.5, 0.6) is 11.5 Å². The number of carbonyl (C=O) groups is 2. The Morgan fingerprint density at radius 2 is 1.96 bits per heavy atom. The summed E-state index contributed by atoms with van der Waals surface area (Å²) >= 11 is 0. The number of ether oxygens (including phenoxy) is 2. The number of amides is 2. The van der Waals surface area contributed by atoms with E-state index in [0.717, 1.165) is 29.9 Å². The lowest BCUT2D eigenvalue weighted by Crippen LogP contribution is -2.49. The summed E-state index contributed by atoms with van der Waals surface area (Å²) in [7, 11) is 0. The summed E-state index contributed by atoms with van der Waals surface area (Å²) in [5.74, 6) is 1.47. The topological polar surface area (TPSA) is 59.1 Å². The molecule has 1 aromatic rings. The summed E-state index contributed by atoms with van der Waals surface area (Å²) in [4.78, 5) is 28.4. The van der Waals surface area contributed by atoms with Crippen molar-refractivity contribution in [1.29, 1.82) is 0 Å². The van der Waals surface area contributed by atoms with E-state index in [1.54, 1.807) is 4.90 Å². The van der Waals surface area contributed by atoms with Gasteiger partial charge in [-0.15, -0.1) is 0 Å². The second-order valence-electron chi connectivity index (χ2n) is 6.91. The monoisotopic (exact) mass is 346 g/mol. The van der Waals surface area contributed by atoms with Crippen molar-refractivity contribution >= 4 is 11.8 Å². The van der Waals surface area contributed by atoms with Crippen LogP contribution in [0.3, 0.4) is 0 Å². The molecule has 0 saturated carbocycles. The van der Waals surface area contributed by atoms with Gasteiger partial charge in [0.15, 0.2) is 11.5 Å². The van der Waals surface area contributed by atoms with Gasteiger partial charge in [0.2, 0.25) is 11.8 Å². The zero-order valence-electron chi connectivity index (χ0n) is 15.2. The SMILES string of the molecule is CC(=O)N1CCC[C@@H]1C(=O)N(Cc1ccc2c(c1)OCCO2)C(C)C. The number of rotatable bonds is 4. The Kier molecular flexibility index (Phi) is 5.16. The van der Waals surface area contributed by atoms with E-state index in [1.807, 2.05) is 36.9 Å². The number of hydrogen-bond acceptors (Lipinski definition) is 4. The predicted molar refractivity (Wildman–Crippen MR) is 93.5 cm³/mol. The minimum atomic E-state index is -0.336. The van der Waals surface area contributed by atoms with Crippen LogP contribution in [0.2, 0.25) is 0 Å². The highest BCUT2D eigenvalue weighted by atomic mass is 16.6. The quantitative estimate of drug-likeness (QED) is 0.839. The third kappa shape index (κ3) is 3.72. The van der Waals surface area contributed by atoms with Gasteiger partial charge in [-0.1, -0.05) is 6.07 Å². The van der Waals surface area contributed by atoms with Gasteiger partial charge in [-0.3, -0.25) is 9.59 Å². The van der Waals surface area contributed by atoms with E-state index >= 15 is 0 Å². The van der Waals surface area contributed by atoms with Gasteiger partial charge in [0, 0.05) is 26.1 Å². The molecular weight excluding hydrogens is 320 g/mol. The van der Waals surface area contributed by atoms with E-state index in [-0.39, 0.29) is 23.9 Å². The molecule has 0 bridgehead atoms. The molecule has 0 aromatic heterocycles. The van der Waals surface area contributed by atoms with E-state index in [4.69, 9.17) is 9.47 Å². The van der Waals surface area contributed by atoms with Gasteiger partial charge in [-0.25, -0.2) is 0 Å². The number of carbonyl (C=O) groups excluding carboxylic acids is 2. The van der Waals surface area contributed by atoms with Crippen LogP contribution in [0, 0.1) is 0 Å². The Labute approximate surface area is 148 Å². The summed E-state index contributed by atoms with van der Waals surface area (Å²) in [5, 5.41) is 0. The zero-order chi connectivity index (χ0) is 18.0. The van der Waals surface area contributed by atoms with Crippen molar-refractivity contribution < 1.29 is 19.1 Å². The van der Waals surface area contributed by atoms with Gasteiger partial charge in [0.05, 0.1) is 0 Å². The highest BCUT2D eigenvalue weighted by molar-refractivity contribution is 5.87. The maximum Gasteiger partial charge on any atom is 0.245 e. The van der Waals surface area contributed by atoms with Crippen molar-refractivity contribution in [3.63, 3.8) is 0 Å². The lowest BCUT2D eigenvalue weighted by atomic mass is 10.1. The maximum atomic E-state index is 13.1. The van der Waals surface area contributed by atoms with Crippen LogP contribution in [-0.2, 0) is 16.1 Å². The molecule has 6 heteroatoms. The fourth-order valence-corrected chi connectivity index (χ4v) is 3.49. The molecule has 2 aliphatic rings. The Morgan fingerprint density at radius 1 is 1.24 bits per heavy atom. The fraction of sp³-hybridized carbons (Fsp3) is 0.579. The first-order valence-electron chi connectivity index (χ1n) is 8.93. The number of likely N-dealkylation sites (tertiary alicyclic amines) is 1. The summed E-state index contributed by atoms with van der Waals surface area (Å²) in [6, 6.07) is 5.51. The molecule has 0 unspecified atom stereocenters. The number of hydrogen-bond donors (Lipinski definition) is 0. The van der Waals surface area contributed by atoms with Gasteiger partial charge in [0.25, 0.3) is 0 Å². The molecule has 1 fully saturated rings. The van der Waals surface area contributed by atoms with Gasteiger partial charge >= 0.3 is 0 Å². The average Bonchev–Trinajstić information content (AvgIpc) is 3.08. The van der Waals surface area contributed by atoms with Crippen molar-refractivity contribution in [2.24, 2.45) is 0 Å². The normalized spacial score (nSPS) is 19.2. The molecule has 3 rings (SSSR count). The van der Waals surface area contributed by atoms with Crippen LogP contribution < -0.4 is 9.47 Å². The maximum absolute atomic E-state index is 13.1. The Morgan fingerprint density at radius 3 is 2.64 bits per heavy atom. The third-order valence-corrected chi connectivity index (χ3v) is 4.81. The van der Waals surface area contributed by atoms with Crippen LogP contribution in [0.25, 0.3) is 0 Å². The van der Waals surface area contributed by atoms with Crippen LogP contribution >= 0.6 is 0 Å². The molecular formula is C19H26N2O4. The minimum Gasteiger partial charge on any atom is -0.486 e. The molecule has 2 amide bonds. The van der Waals surface area contributed by atoms with Crippen LogP contribution in [0.4, 0.5) is 0 Å². The smallest absolute Gasteiger partial charge is 0.245 e. The number of benzene rings is 1. The van der Waals surface area contributed by atoms with E-state index in [0.29, 0.717) is 26.3 Å². The van der Waals surface area contributed by atoms with E-state index in [9.17, 15) is 9.59 Å². The van der Waals surface area contributed by atoms with Crippen molar-refractivity contribution in [3.05, 3.63) is 23.8 Å². The van der Waals surface area contributed by atoms with Crippen LogP contribution in [0.1, 0.15) is 39.2 Å². The molecule has 6 nitrogen and oxygen atoms in total. The molecule has 0 aliphatic carbocycles. The standard InChI is InChI=1S/C19H26N2O4/c1-13(2)21(19(23)16-5-4-8-20(16)14(3)22)12-15-6-7-17-18(11-15)25-10-9-24-17/h6-7,11,13,16H,4-5,8-10,12H2,1-3H3/t16-/m1/s1. The van der Waals surface area contributed by atoms with Gasteiger partial charge in [-0.05, 0) is 44.4 Å². The van der Waals surface area contributed by atoms with Crippen molar-refractivity contribution in [2.45, 2.75) is 52.2 Å². The minimum absolute atomic E-state index is 0.0255. The highest BCUT2D eigenvalue weighted by Gasteiger charge is 2.36. The first-order chi connectivity index (χ1) is 12.0. The molecule has 1 aromatic carbocycles. The molecule has 1 saturated heterocycles. The predicted octanol–water partition coefficient (Wildman–Crippen LogP) is 2.21. The van der Waals surface area contributed by atoms with Crippen molar-refractivity contribution in [1.82, 2.24) is 9.80 Å². The molecule has 1 atom stereocenters. The first-order valence-corrected chi connectivity index (χ1v) is 8.93. The second kappa shape index (κ2) is 7.33. The van der Waals surface area contributed by atoms with Crippen molar-refractivity contribution in [3.8, 4) is 11.5 Å². The zero-order valence-corrected chi connectivity index (χ0v) is 15.2. The average molecular weight is 346 g/mol. The molecule has 2 aliphatic heterocycles. The van der Waals surface area contributed by atoms with Crippen molar-refractivity contribution in [2.75, 3.05) is 19.8 Å². The van der Waals surface area contributed by atoms with Gasteiger partial charge in [0.1, 0.15) is 19.3 Å². The summed E-state index contributed by atoms with van der Waals surface area (Å²) in [5.41, 5.74) is 0.999. The fourth-order valence-electron chi connectivity index (χ4n) is 3.49. The largest absolute Gasteiger partial charge is 0.486 e. The Balaban J connectivity index is 1.77. The third-order valence-electron chi connectivity index (χ3n) is 4.81. The van der Waals surface area contributed by atoms with E-state index in [1.165, 1.54) is 6.92 Å². The lowest BCUT2D eigenvalue weighted by molar-refractivity contribution is -0.144. The summed E-state index contributed by atoms with van der Waals surface area (Å²) in [6.45, 7) is 7.81. The second-order valence-corrected chi connectivity index (χ2v) is 6.91. The molecule has 2 heterocycles.